The van der Waals surface area contributed by atoms with Crippen molar-refractivity contribution in [3.05, 3.63) is 76.0 Å². The van der Waals surface area contributed by atoms with Gasteiger partial charge in [-0.25, -0.2) is 4.98 Å². The zero-order valence-corrected chi connectivity index (χ0v) is 17.3. The average molecular weight is 424 g/mol. The van der Waals surface area contributed by atoms with Crippen molar-refractivity contribution in [2.24, 2.45) is 0 Å². The molecule has 1 amide bonds. The number of anilines is 1. The molecule has 1 aromatic heterocycles. The summed E-state index contributed by atoms with van der Waals surface area (Å²) in [4.78, 5) is 30.0. The quantitative estimate of drug-likeness (QED) is 0.280. The fraction of sp³-hybridized carbons (Fsp3) is 0.136. The maximum atomic E-state index is 13.0. The fourth-order valence-corrected chi connectivity index (χ4v) is 4.22. The summed E-state index contributed by atoms with van der Waals surface area (Å²) in [5.41, 5.74) is 1.17. The largest absolute Gasteiger partial charge is 0.325 e. The number of amides is 1. The highest BCUT2D eigenvalue weighted by Crippen LogP contribution is 2.23. The maximum absolute atomic E-state index is 13.0. The Balaban J connectivity index is 1.63. The molecule has 0 aliphatic carbocycles. The van der Waals surface area contributed by atoms with E-state index in [9.17, 15) is 9.59 Å². The summed E-state index contributed by atoms with van der Waals surface area (Å²) in [5.74, 6) is -0.0503. The van der Waals surface area contributed by atoms with Crippen LogP contribution in [0.2, 0.25) is 5.02 Å². The molecule has 0 aliphatic rings. The number of thioether (sulfide) groups is 1. The first-order chi connectivity index (χ1) is 14.0. The number of aromatic nitrogens is 2. The minimum Gasteiger partial charge on any atom is -0.325 e. The zero-order valence-electron chi connectivity index (χ0n) is 15.7. The van der Waals surface area contributed by atoms with E-state index >= 15 is 0 Å². The number of nitrogens with one attached hydrogen (secondary N) is 1. The SMILES string of the molecule is CCn1c(SCC(=O)Nc2cccc(Cl)c2)nc2cc3ccccc3cc2c1=O. The summed E-state index contributed by atoms with van der Waals surface area (Å²) < 4.78 is 1.61. The predicted octanol–water partition coefficient (Wildman–Crippen LogP) is 4.95. The van der Waals surface area contributed by atoms with Crippen LogP contribution in [0.1, 0.15) is 6.92 Å². The second-order valence-corrected chi connectivity index (χ2v) is 7.89. The van der Waals surface area contributed by atoms with E-state index in [0.717, 1.165) is 10.8 Å². The molecule has 0 saturated heterocycles. The van der Waals surface area contributed by atoms with Crippen LogP contribution in [-0.4, -0.2) is 21.2 Å². The van der Waals surface area contributed by atoms with Crippen molar-refractivity contribution in [1.29, 1.82) is 0 Å². The van der Waals surface area contributed by atoms with E-state index in [1.165, 1.54) is 11.8 Å². The van der Waals surface area contributed by atoms with Gasteiger partial charge in [-0.2, -0.15) is 0 Å². The van der Waals surface area contributed by atoms with Crippen molar-refractivity contribution in [2.45, 2.75) is 18.6 Å². The normalized spacial score (nSPS) is 11.1. The number of carbonyl (C=O) groups is 1. The Kier molecular flexibility index (Phi) is 5.56. The van der Waals surface area contributed by atoms with E-state index in [1.807, 2.05) is 43.3 Å². The van der Waals surface area contributed by atoms with Gasteiger partial charge in [0, 0.05) is 17.3 Å². The first kappa shape index (κ1) is 19.5. The van der Waals surface area contributed by atoms with E-state index in [0.29, 0.717) is 33.3 Å². The molecule has 0 bridgehead atoms. The van der Waals surface area contributed by atoms with Crippen LogP contribution in [0.25, 0.3) is 21.7 Å². The van der Waals surface area contributed by atoms with Gasteiger partial charge in [-0.3, -0.25) is 14.2 Å². The molecule has 0 fully saturated rings. The van der Waals surface area contributed by atoms with Crippen LogP contribution >= 0.6 is 23.4 Å². The molecule has 146 valence electrons. The van der Waals surface area contributed by atoms with E-state index < -0.39 is 0 Å². The van der Waals surface area contributed by atoms with Gasteiger partial charge in [0.1, 0.15) is 0 Å². The van der Waals surface area contributed by atoms with Crippen molar-refractivity contribution in [1.82, 2.24) is 9.55 Å². The smallest absolute Gasteiger partial charge is 0.262 e. The Morgan fingerprint density at radius 1 is 1.10 bits per heavy atom. The van der Waals surface area contributed by atoms with Gasteiger partial charge in [0.15, 0.2) is 5.16 Å². The Bertz CT molecular complexity index is 1290. The third kappa shape index (κ3) is 4.13. The number of benzene rings is 3. The minimum atomic E-state index is -0.187. The first-order valence-electron chi connectivity index (χ1n) is 9.16. The molecule has 0 aliphatic heterocycles. The lowest BCUT2D eigenvalue weighted by molar-refractivity contribution is -0.113. The molecule has 4 aromatic rings. The van der Waals surface area contributed by atoms with Gasteiger partial charge >= 0.3 is 0 Å². The molecule has 0 atom stereocenters. The maximum Gasteiger partial charge on any atom is 0.262 e. The summed E-state index contributed by atoms with van der Waals surface area (Å²) in [6.07, 6.45) is 0. The topological polar surface area (TPSA) is 64.0 Å². The molecular formula is C22H18ClN3O2S. The fourth-order valence-electron chi connectivity index (χ4n) is 3.17. The van der Waals surface area contributed by atoms with Crippen LogP contribution in [0, 0.1) is 0 Å². The molecule has 0 unspecified atom stereocenters. The monoisotopic (exact) mass is 423 g/mol. The van der Waals surface area contributed by atoms with Crippen LogP contribution in [0.15, 0.2) is 70.6 Å². The molecule has 0 saturated carbocycles. The number of fused-ring (bicyclic) bond motifs is 2. The second-order valence-electron chi connectivity index (χ2n) is 6.51. The van der Waals surface area contributed by atoms with Crippen molar-refractivity contribution < 1.29 is 4.79 Å². The van der Waals surface area contributed by atoms with Gasteiger partial charge < -0.3 is 5.32 Å². The van der Waals surface area contributed by atoms with E-state index in [4.69, 9.17) is 11.6 Å². The van der Waals surface area contributed by atoms with Crippen LogP contribution in [0.4, 0.5) is 5.69 Å². The van der Waals surface area contributed by atoms with Gasteiger partial charge in [-0.15, -0.1) is 0 Å². The van der Waals surface area contributed by atoms with Gasteiger partial charge in [0.25, 0.3) is 5.56 Å². The first-order valence-corrected chi connectivity index (χ1v) is 10.5. The lowest BCUT2D eigenvalue weighted by Gasteiger charge is -2.12. The van der Waals surface area contributed by atoms with Crippen LogP contribution < -0.4 is 10.9 Å². The molecule has 5 nitrogen and oxygen atoms in total. The van der Waals surface area contributed by atoms with E-state index in [1.54, 1.807) is 28.8 Å². The summed E-state index contributed by atoms with van der Waals surface area (Å²) in [7, 11) is 0. The number of halogens is 1. The summed E-state index contributed by atoms with van der Waals surface area (Å²) >= 11 is 7.20. The standard InChI is InChI=1S/C22H18ClN3O2S/c1-2-26-21(28)18-10-14-6-3-4-7-15(14)11-19(18)25-22(26)29-13-20(27)24-17-9-5-8-16(23)12-17/h3-12H,2,13H2,1H3,(H,24,27). The van der Waals surface area contributed by atoms with E-state index in [-0.39, 0.29) is 17.2 Å². The second kappa shape index (κ2) is 8.27. The molecular weight excluding hydrogens is 406 g/mol. The lowest BCUT2D eigenvalue weighted by Crippen LogP contribution is -2.23. The lowest BCUT2D eigenvalue weighted by atomic mass is 10.1. The van der Waals surface area contributed by atoms with Crippen LogP contribution in [-0.2, 0) is 11.3 Å². The Labute approximate surface area is 176 Å². The van der Waals surface area contributed by atoms with E-state index in [2.05, 4.69) is 10.3 Å². The van der Waals surface area contributed by atoms with Gasteiger partial charge in [0.05, 0.1) is 16.7 Å². The number of hydrogen-bond acceptors (Lipinski definition) is 4. The Morgan fingerprint density at radius 2 is 1.86 bits per heavy atom. The minimum absolute atomic E-state index is 0.0963. The molecule has 29 heavy (non-hydrogen) atoms. The third-order valence-electron chi connectivity index (χ3n) is 4.54. The summed E-state index contributed by atoms with van der Waals surface area (Å²) in [6, 6.07) is 18.7. The molecule has 0 radical (unpaired) electrons. The number of hydrogen-bond donors (Lipinski definition) is 1. The molecule has 3 aromatic carbocycles. The highest BCUT2D eigenvalue weighted by Gasteiger charge is 2.13. The molecule has 1 heterocycles. The third-order valence-corrected chi connectivity index (χ3v) is 5.76. The van der Waals surface area contributed by atoms with Crippen molar-refractivity contribution in [2.75, 3.05) is 11.1 Å². The number of nitrogens with zero attached hydrogens (tertiary/aromatic N) is 2. The van der Waals surface area contributed by atoms with Gasteiger partial charge in [0.2, 0.25) is 5.91 Å². The van der Waals surface area contributed by atoms with Crippen LogP contribution in [0.5, 0.6) is 0 Å². The molecule has 4 rings (SSSR count). The van der Waals surface area contributed by atoms with Crippen molar-refractivity contribution in [3.8, 4) is 0 Å². The summed E-state index contributed by atoms with van der Waals surface area (Å²) in [5, 5.41) is 6.50. The zero-order chi connectivity index (χ0) is 20.4. The Hall–Kier alpha value is -2.83. The highest BCUT2D eigenvalue weighted by atomic mass is 35.5. The molecule has 7 heteroatoms. The van der Waals surface area contributed by atoms with Gasteiger partial charge in [-0.1, -0.05) is 53.7 Å². The van der Waals surface area contributed by atoms with Crippen LogP contribution in [0.3, 0.4) is 0 Å². The van der Waals surface area contributed by atoms with Crippen molar-refractivity contribution in [3.63, 3.8) is 0 Å². The van der Waals surface area contributed by atoms with Gasteiger partial charge in [-0.05, 0) is 48.0 Å². The predicted molar refractivity (Wildman–Crippen MR) is 120 cm³/mol. The number of carbonyl (C=O) groups excluding carboxylic acids is 1. The van der Waals surface area contributed by atoms with Crippen molar-refractivity contribution >= 4 is 56.6 Å². The Morgan fingerprint density at radius 3 is 2.59 bits per heavy atom. The highest BCUT2D eigenvalue weighted by molar-refractivity contribution is 7.99. The number of rotatable bonds is 5. The molecule has 0 spiro atoms. The summed E-state index contributed by atoms with van der Waals surface area (Å²) in [6.45, 7) is 2.37. The average Bonchev–Trinajstić information content (AvgIpc) is 2.71. The molecule has 1 N–H and O–H groups in total.